The lowest BCUT2D eigenvalue weighted by Crippen LogP contribution is -2.31. The number of aromatic amines is 1. The molecule has 0 radical (unpaired) electrons. The second-order valence-corrected chi connectivity index (χ2v) is 3.81. The molecule has 2 rings (SSSR count). The predicted molar refractivity (Wildman–Crippen MR) is 59.2 cm³/mol. The highest BCUT2D eigenvalue weighted by molar-refractivity contribution is 5.94. The molecule has 16 heavy (non-hydrogen) atoms. The van der Waals surface area contributed by atoms with Crippen molar-refractivity contribution in [2.24, 2.45) is 0 Å². The van der Waals surface area contributed by atoms with Gasteiger partial charge < -0.3 is 9.64 Å². The molecular formula is C11H17N3O2. The van der Waals surface area contributed by atoms with Crippen molar-refractivity contribution in [3.05, 3.63) is 17.0 Å². The van der Waals surface area contributed by atoms with Gasteiger partial charge in [-0.3, -0.25) is 9.89 Å². The van der Waals surface area contributed by atoms with Crippen LogP contribution in [-0.2, 0) is 17.8 Å². The Labute approximate surface area is 94.8 Å². The number of fused-ring (bicyclic) bond motifs is 1. The van der Waals surface area contributed by atoms with E-state index in [4.69, 9.17) is 4.74 Å². The van der Waals surface area contributed by atoms with Gasteiger partial charge in [-0.25, -0.2) is 0 Å². The fraction of sp³-hybridized carbons (Fsp3) is 0.636. The van der Waals surface area contributed by atoms with Gasteiger partial charge in [-0.15, -0.1) is 0 Å². The SMILES string of the molecule is CCN(CC)C(=O)c1n[nH]c2c1COCC2. The fourth-order valence-corrected chi connectivity index (χ4v) is 1.95. The van der Waals surface area contributed by atoms with Gasteiger partial charge in [0.15, 0.2) is 5.69 Å². The Bertz CT molecular complexity index is 383. The minimum atomic E-state index is -0.00648. The van der Waals surface area contributed by atoms with Crippen LogP contribution in [0.2, 0.25) is 0 Å². The number of hydrogen-bond acceptors (Lipinski definition) is 3. The molecule has 0 spiro atoms. The van der Waals surface area contributed by atoms with E-state index in [1.165, 1.54) is 0 Å². The Morgan fingerprint density at radius 2 is 2.25 bits per heavy atom. The van der Waals surface area contributed by atoms with Gasteiger partial charge in [0.05, 0.1) is 13.2 Å². The average Bonchev–Trinajstić information content (AvgIpc) is 2.74. The Morgan fingerprint density at radius 3 is 2.94 bits per heavy atom. The number of nitrogens with zero attached hydrogens (tertiary/aromatic N) is 2. The van der Waals surface area contributed by atoms with Gasteiger partial charge >= 0.3 is 0 Å². The molecule has 0 fully saturated rings. The van der Waals surface area contributed by atoms with Gasteiger partial charge in [0.2, 0.25) is 0 Å². The molecule has 0 aromatic carbocycles. The summed E-state index contributed by atoms with van der Waals surface area (Å²) in [5, 5.41) is 7.05. The minimum absolute atomic E-state index is 0.00648. The third-order valence-corrected chi connectivity index (χ3v) is 2.95. The van der Waals surface area contributed by atoms with Crippen molar-refractivity contribution in [1.29, 1.82) is 0 Å². The Balaban J connectivity index is 2.26. The first-order valence-electron chi connectivity index (χ1n) is 5.71. The molecule has 1 amide bonds. The Kier molecular flexibility index (Phi) is 3.24. The number of aromatic nitrogens is 2. The highest BCUT2D eigenvalue weighted by Crippen LogP contribution is 2.19. The maximum atomic E-state index is 12.1. The van der Waals surface area contributed by atoms with Crippen LogP contribution < -0.4 is 0 Å². The standard InChI is InChI=1S/C11H17N3O2/c1-3-14(4-2)11(15)10-8-7-16-6-5-9(8)12-13-10/h3-7H2,1-2H3,(H,12,13). The van der Waals surface area contributed by atoms with Crippen LogP contribution in [0.25, 0.3) is 0 Å². The third kappa shape index (κ3) is 1.82. The lowest BCUT2D eigenvalue weighted by atomic mass is 10.1. The molecule has 0 saturated heterocycles. The number of ether oxygens (including phenoxy) is 1. The van der Waals surface area contributed by atoms with E-state index >= 15 is 0 Å². The molecule has 1 aromatic rings. The molecule has 5 nitrogen and oxygen atoms in total. The van der Waals surface area contributed by atoms with E-state index in [0.717, 1.165) is 17.7 Å². The Morgan fingerprint density at radius 1 is 1.50 bits per heavy atom. The number of carbonyl (C=O) groups is 1. The van der Waals surface area contributed by atoms with Gasteiger partial charge in [-0.2, -0.15) is 5.10 Å². The van der Waals surface area contributed by atoms with Crippen molar-refractivity contribution in [3.63, 3.8) is 0 Å². The zero-order chi connectivity index (χ0) is 11.5. The summed E-state index contributed by atoms with van der Waals surface area (Å²) >= 11 is 0. The molecule has 0 atom stereocenters. The van der Waals surface area contributed by atoms with Crippen molar-refractivity contribution >= 4 is 5.91 Å². The number of hydrogen-bond donors (Lipinski definition) is 1. The molecule has 1 aromatic heterocycles. The molecule has 1 aliphatic heterocycles. The van der Waals surface area contributed by atoms with E-state index < -0.39 is 0 Å². The molecule has 0 saturated carbocycles. The van der Waals surface area contributed by atoms with E-state index in [-0.39, 0.29) is 5.91 Å². The first-order valence-corrected chi connectivity index (χ1v) is 5.71. The summed E-state index contributed by atoms with van der Waals surface area (Å²) in [5.74, 6) is -0.00648. The van der Waals surface area contributed by atoms with E-state index in [2.05, 4.69) is 10.2 Å². The van der Waals surface area contributed by atoms with Gasteiger partial charge in [-0.1, -0.05) is 0 Å². The van der Waals surface area contributed by atoms with Crippen LogP contribution in [0.5, 0.6) is 0 Å². The highest BCUT2D eigenvalue weighted by atomic mass is 16.5. The summed E-state index contributed by atoms with van der Waals surface area (Å²) in [5.41, 5.74) is 2.50. The third-order valence-electron chi connectivity index (χ3n) is 2.95. The lowest BCUT2D eigenvalue weighted by Gasteiger charge is -2.19. The monoisotopic (exact) mass is 223 g/mol. The summed E-state index contributed by atoms with van der Waals surface area (Å²) in [4.78, 5) is 13.9. The predicted octanol–water partition coefficient (Wildman–Crippen LogP) is 0.964. The van der Waals surface area contributed by atoms with Gasteiger partial charge in [0.1, 0.15) is 0 Å². The molecule has 88 valence electrons. The Hall–Kier alpha value is -1.36. The lowest BCUT2D eigenvalue weighted by molar-refractivity contribution is 0.0753. The summed E-state index contributed by atoms with van der Waals surface area (Å²) < 4.78 is 5.36. The number of amides is 1. The first kappa shape index (κ1) is 11.1. The van der Waals surface area contributed by atoms with Gasteiger partial charge in [-0.05, 0) is 13.8 Å². The second kappa shape index (κ2) is 4.65. The van der Waals surface area contributed by atoms with Gasteiger partial charge in [0, 0.05) is 30.8 Å². The quantitative estimate of drug-likeness (QED) is 0.830. The van der Waals surface area contributed by atoms with Crippen LogP contribution in [0.15, 0.2) is 0 Å². The van der Waals surface area contributed by atoms with Crippen LogP contribution in [0.3, 0.4) is 0 Å². The first-order chi connectivity index (χ1) is 7.77. The number of carbonyl (C=O) groups excluding carboxylic acids is 1. The summed E-state index contributed by atoms with van der Waals surface area (Å²) in [6.07, 6.45) is 0.813. The number of H-pyrrole nitrogens is 1. The minimum Gasteiger partial charge on any atom is -0.376 e. The molecule has 0 aliphatic carbocycles. The van der Waals surface area contributed by atoms with Crippen LogP contribution in [0, 0.1) is 0 Å². The van der Waals surface area contributed by atoms with Gasteiger partial charge in [0.25, 0.3) is 5.91 Å². The van der Waals surface area contributed by atoms with Crippen molar-refractivity contribution in [2.45, 2.75) is 26.9 Å². The summed E-state index contributed by atoms with van der Waals surface area (Å²) in [6, 6.07) is 0. The van der Waals surface area contributed by atoms with Crippen molar-refractivity contribution in [1.82, 2.24) is 15.1 Å². The number of nitrogens with one attached hydrogen (secondary N) is 1. The van der Waals surface area contributed by atoms with E-state index in [9.17, 15) is 4.79 Å². The van der Waals surface area contributed by atoms with E-state index in [1.807, 2.05) is 13.8 Å². The van der Waals surface area contributed by atoms with Crippen molar-refractivity contribution < 1.29 is 9.53 Å². The average molecular weight is 223 g/mol. The topological polar surface area (TPSA) is 58.2 Å². The smallest absolute Gasteiger partial charge is 0.274 e. The molecule has 0 bridgehead atoms. The van der Waals surface area contributed by atoms with Crippen LogP contribution in [-0.4, -0.2) is 40.7 Å². The summed E-state index contributed by atoms with van der Waals surface area (Å²) in [6.45, 7) is 6.55. The summed E-state index contributed by atoms with van der Waals surface area (Å²) in [7, 11) is 0. The maximum absolute atomic E-state index is 12.1. The number of rotatable bonds is 3. The molecule has 0 unspecified atom stereocenters. The molecular weight excluding hydrogens is 206 g/mol. The maximum Gasteiger partial charge on any atom is 0.274 e. The molecule has 1 aliphatic rings. The van der Waals surface area contributed by atoms with Crippen LogP contribution in [0.4, 0.5) is 0 Å². The van der Waals surface area contributed by atoms with Crippen molar-refractivity contribution in [2.75, 3.05) is 19.7 Å². The normalized spacial score (nSPS) is 14.6. The zero-order valence-corrected chi connectivity index (χ0v) is 9.75. The van der Waals surface area contributed by atoms with Crippen LogP contribution in [0.1, 0.15) is 35.6 Å². The highest BCUT2D eigenvalue weighted by Gasteiger charge is 2.24. The van der Waals surface area contributed by atoms with Crippen molar-refractivity contribution in [3.8, 4) is 0 Å². The van der Waals surface area contributed by atoms with Crippen LogP contribution >= 0.6 is 0 Å². The fourth-order valence-electron chi connectivity index (χ4n) is 1.95. The molecule has 1 N–H and O–H groups in total. The van der Waals surface area contributed by atoms with E-state index in [1.54, 1.807) is 4.90 Å². The second-order valence-electron chi connectivity index (χ2n) is 3.81. The van der Waals surface area contributed by atoms with E-state index in [0.29, 0.717) is 32.0 Å². The largest absolute Gasteiger partial charge is 0.376 e. The molecule has 5 heteroatoms. The molecule has 2 heterocycles. The zero-order valence-electron chi connectivity index (χ0n) is 9.75.